The zero-order chi connectivity index (χ0) is 11.1. The third-order valence-electron chi connectivity index (χ3n) is 4.22. The van der Waals surface area contributed by atoms with Crippen molar-refractivity contribution in [2.24, 2.45) is 0 Å². The number of hydrogen-bond acceptors (Lipinski definition) is 3. The van der Waals surface area contributed by atoms with Crippen LogP contribution in [-0.2, 0) is 9.59 Å². The highest BCUT2D eigenvalue weighted by atomic mass is 16.2. The molecule has 3 atom stereocenters. The van der Waals surface area contributed by atoms with Crippen molar-refractivity contribution < 1.29 is 9.59 Å². The van der Waals surface area contributed by atoms with Crippen molar-refractivity contribution in [2.45, 2.75) is 56.7 Å². The van der Waals surface area contributed by atoms with E-state index in [-0.39, 0.29) is 11.9 Å². The molecule has 3 aliphatic rings. The Morgan fingerprint density at radius 1 is 1.06 bits per heavy atom. The van der Waals surface area contributed by atoms with Crippen molar-refractivity contribution >= 4 is 11.7 Å². The van der Waals surface area contributed by atoms with E-state index in [9.17, 15) is 9.59 Å². The highest BCUT2D eigenvalue weighted by molar-refractivity contribution is 5.84. The highest BCUT2D eigenvalue weighted by Crippen LogP contribution is 2.36. The van der Waals surface area contributed by atoms with Crippen molar-refractivity contribution in [1.82, 2.24) is 10.2 Å². The predicted molar refractivity (Wildman–Crippen MR) is 58.9 cm³/mol. The van der Waals surface area contributed by atoms with Crippen LogP contribution in [0, 0.1) is 0 Å². The summed E-state index contributed by atoms with van der Waals surface area (Å²) in [6.45, 7) is 0.817. The summed E-state index contributed by atoms with van der Waals surface area (Å²) in [6.07, 6.45) is 5.56. The Labute approximate surface area is 95.4 Å². The van der Waals surface area contributed by atoms with Gasteiger partial charge in [0.15, 0.2) is 0 Å². The molecule has 3 saturated heterocycles. The molecular formula is C12H18N2O2. The lowest BCUT2D eigenvalue weighted by molar-refractivity contribution is -0.134. The summed E-state index contributed by atoms with van der Waals surface area (Å²) in [4.78, 5) is 25.7. The van der Waals surface area contributed by atoms with Crippen LogP contribution in [-0.4, -0.2) is 41.3 Å². The van der Waals surface area contributed by atoms with Gasteiger partial charge >= 0.3 is 0 Å². The molecule has 3 rings (SSSR count). The lowest BCUT2D eigenvalue weighted by Crippen LogP contribution is -2.56. The molecule has 0 saturated carbocycles. The summed E-state index contributed by atoms with van der Waals surface area (Å²) in [7, 11) is 0. The van der Waals surface area contributed by atoms with Crippen molar-refractivity contribution in [2.75, 3.05) is 6.54 Å². The van der Waals surface area contributed by atoms with Gasteiger partial charge in [0.2, 0.25) is 5.91 Å². The Morgan fingerprint density at radius 3 is 2.38 bits per heavy atom. The Bertz CT molecular complexity index is 313. The molecule has 0 aromatic heterocycles. The maximum Gasteiger partial charge on any atom is 0.237 e. The van der Waals surface area contributed by atoms with Gasteiger partial charge in [-0.2, -0.15) is 0 Å². The van der Waals surface area contributed by atoms with Crippen LogP contribution in [0.1, 0.15) is 38.5 Å². The molecule has 2 bridgehead atoms. The van der Waals surface area contributed by atoms with Gasteiger partial charge in [-0.3, -0.25) is 14.5 Å². The zero-order valence-electron chi connectivity index (χ0n) is 9.45. The van der Waals surface area contributed by atoms with Crippen LogP contribution in [0.4, 0.5) is 0 Å². The number of carbonyl (C=O) groups is 2. The van der Waals surface area contributed by atoms with Crippen molar-refractivity contribution in [1.29, 1.82) is 0 Å². The minimum absolute atomic E-state index is 0.0411. The first kappa shape index (κ1) is 10.3. The summed E-state index contributed by atoms with van der Waals surface area (Å²) in [5.74, 6) is 0.567. The molecule has 3 aliphatic heterocycles. The number of nitrogens with one attached hydrogen (secondary N) is 1. The largest absolute Gasteiger partial charge is 0.355 e. The second-order valence-corrected chi connectivity index (χ2v) is 5.23. The van der Waals surface area contributed by atoms with Crippen LogP contribution < -0.4 is 5.32 Å². The molecule has 0 aliphatic carbocycles. The van der Waals surface area contributed by atoms with Gasteiger partial charge in [-0.1, -0.05) is 0 Å². The second kappa shape index (κ2) is 3.84. The average Bonchev–Trinajstić information content (AvgIpc) is 2.53. The minimum Gasteiger partial charge on any atom is -0.355 e. The summed E-state index contributed by atoms with van der Waals surface area (Å²) in [5, 5.41) is 2.94. The normalized spacial score (nSPS) is 39.9. The number of hydrogen-bond donors (Lipinski definition) is 1. The van der Waals surface area contributed by atoms with Crippen molar-refractivity contribution in [3.63, 3.8) is 0 Å². The van der Waals surface area contributed by atoms with Gasteiger partial charge in [0.25, 0.3) is 0 Å². The quantitative estimate of drug-likeness (QED) is 0.701. The van der Waals surface area contributed by atoms with Crippen molar-refractivity contribution in [3.05, 3.63) is 0 Å². The second-order valence-electron chi connectivity index (χ2n) is 5.23. The topological polar surface area (TPSA) is 49.4 Å². The Hall–Kier alpha value is -0.900. The van der Waals surface area contributed by atoms with E-state index in [0.29, 0.717) is 30.7 Å². The molecule has 3 unspecified atom stereocenters. The molecule has 1 N–H and O–H groups in total. The van der Waals surface area contributed by atoms with Crippen LogP contribution in [0.2, 0.25) is 0 Å². The predicted octanol–water partition coefficient (Wildman–Crippen LogP) is 0.461. The monoisotopic (exact) mass is 222 g/mol. The first-order chi connectivity index (χ1) is 7.75. The molecular weight excluding hydrogens is 204 g/mol. The standard InChI is InChI=1S/C12H18N2O2/c15-10-6-8-3-4-9(7-10)14(8)11-2-1-5-13-12(11)16/h8-9,11H,1-7H2,(H,13,16). The SMILES string of the molecule is O=C1CC2CCC(C1)N2C1CCCNC1=O. The summed E-state index contributed by atoms with van der Waals surface area (Å²) < 4.78 is 0. The lowest BCUT2D eigenvalue weighted by atomic mass is 9.95. The van der Waals surface area contributed by atoms with Gasteiger partial charge in [-0.05, 0) is 25.7 Å². The molecule has 3 fully saturated rings. The molecule has 88 valence electrons. The van der Waals surface area contributed by atoms with Gasteiger partial charge in [-0.15, -0.1) is 0 Å². The third-order valence-corrected chi connectivity index (χ3v) is 4.22. The average molecular weight is 222 g/mol. The summed E-state index contributed by atoms with van der Waals surface area (Å²) in [5.41, 5.74) is 0. The Balaban J connectivity index is 1.79. The number of fused-ring (bicyclic) bond motifs is 2. The number of ketones is 1. The minimum atomic E-state index is 0.0411. The molecule has 16 heavy (non-hydrogen) atoms. The van der Waals surface area contributed by atoms with Crippen LogP contribution in [0.25, 0.3) is 0 Å². The number of carbonyl (C=O) groups excluding carboxylic acids is 2. The number of piperidine rings is 2. The molecule has 0 aromatic carbocycles. The van der Waals surface area contributed by atoms with Crippen LogP contribution in [0.3, 0.4) is 0 Å². The lowest BCUT2D eigenvalue weighted by Gasteiger charge is -2.40. The maximum atomic E-state index is 11.9. The van der Waals surface area contributed by atoms with Gasteiger partial charge in [0.1, 0.15) is 5.78 Å². The summed E-state index contributed by atoms with van der Waals surface area (Å²) >= 11 is 0. The molecule has 0 spiro atoms. The molecule has 4 nitrogen and oxygen atoms in total. The van der Waals surface area contributed by atoms with E-state index in [1.54, 1.807) is 0 Å². The number of Topliss-reactive ketones (excluding diaryl/α,β-unsaturated/α-hetero) is 1. The van der Waals surface area contributed by atoms with E-state index < -0.39 is 0 Å². The van der Waals surface area contributed by atoms with Gasteiger partial charge < -0.3 is 5.32 Å². The molecule has 0 radical (unpaired) electrons. The zero-order valence-corrected chi connectivity index (χ0v) is 9.45. The van der Waals surface area contributed by atoms with Crippen LogP contribution in [0.15, 0.2) is 0 Å². The van der Waals surface area contributed by atoms with Gasteiger partial charge in [0.05, 0.1) is 6.04 Å². The number of amides is 1. The number of rotatable bonds is 1. The molecule has 3 heterocycles. The van der Waals surface area contributed by atoms with E-state index >= 15 is 0 Å². The maximum absolute atomic E-state index is 11.9. The van der Waals surface area contributed by atoms with Crippen LogP contribution in [0.5, 0.6) is 0 Å². The third kappa shape index (κ3) is 1.56. The summed E-state index contributed by atoms with van der Waals surface area (Å²) in [6, 6.07) is 0.736. The van der Waals surface area contributed by atoms with Crippen LogP contribution >= 0.6 is 0 Å². The Kier molecular flexibility index (Phi) is 2.46. The highest BCUT2D eigenvalue weighted by Gasteiger charge is 2.45. The molecule has 4 heteroatoms. The van der Waals surface area contributed by atoms with E-state index in [0.717, 1.165) is 32.2 Å². The molecule has 0 aromatic rings. The fourth-order valence-corrected chi connectivity index (χ4v) is 3.55. The fourth-order valence-electron chi connectivity index (χ4n) is 3.55. The van der Waals surface area contributed by atoms with E-state index in [2.05, 4.69) is 10.2 Å². The van der Waals surface area contributed by atoms with E-state index in [4.69, 9.17) is 0 Å². The first-order valence-corrected chi connectivity index (χ1v) is 6.32. The van der Waals surface area contributed by atoms with E-state index in [1.165, 1.54) is 0 Å². The van der Waals surface area contributed by atoms with E-state index in [1.807, 2.05) is 0 Å². The smallest absolute Gasteiger partial charge is 0.237 e. The van der Waals surface area contributed by atoms with Gasteiger partial charge in [-0.25, -0.2) is 0 Å². The number of nitrogens with zero attached hydrogens (tertiary/aromatic N) is 1. The first-order valence-electron chi connectivity index (χ1n) is 6.32. The molecule has 1 amide bonds. The van der Waals surface area contributed by atoms with Gasteiger partial charge in [0, 0.05) is 31.5 Å². The Morgan fingerprint density at radius 2 is 1.75 bits per heavy atom. The van der Waals surface area contributed by atoms with Crippen molar-refractivity contribution in [3.8, 4) is 0 Å². The fraction of sp³-hybridized carbons (Fsp3) is 0.833.